The Morgan fingerprint density at radius 1 is 1.27 bits per heavy atom. The van der Waals surface area contributed by atoms with Crippen molar-refractivity contribution in [3.05, 3.63) is 35.9 Å². The van der Waals surface area contributed by atoms with E-state index in [9.17, 15) is 5.11 Å². The van der Waals surface area contributed by atoms with Crippen molar-refractivity contribution < 1.29 is 5.11 Å². The second kappa shape index (κ2) is 6.99. The van der Waals surface area contributed by atoms with Crippen LogP contribution in [0.2, 0.25) is 0 Å². The third-order valence-electron chi connectivity index (χ3n) is 2.19. The normalized spacial score (nSPS) is 12.0. The Morgan fingerprint density at radius 3 is 2.67 bits per heavy atom. The van der Waals surface area contributed by atoms with Gasteiger partial charge in [0.15, 0.2) is 0 Å². The average Bonchev–Trinajstić information content (AvgIpc) is 2.30. The summed E-state index contributed by atoms with van der Waals surface area (Å²) in [5.74, 6) is 0. The van der Waals surface area contributed by atoms with Crippen molar-refractivity contribution in [2.75, 3.05) is 13.1 Å². The SMILES string of the molecule is N#CCCNCCC(O)c1ccccc1. The van der Waals surface area contributed by atoms with Gasteiger partial charge in [0, 0.05) is 13.0 Å². The Hall–Kier alpha value is -1.37. The topological polar surface area (TPSA) is 56.0 Å². The summed E-state index contributed by atoms with van der Waals surface area (Å²) in [4.78, 5) is 0. The fraction of sp³-hybridized carbons (Fsp3) is 0.417. The van der Waals surface area contributed by atoms with Gasteiger partial charge in [-0.2, -0.15) is 5.26 Å². The molecule has 0 spiro atoms. The van der Waals surface area contributed by atoms with E-state index >= 15 is 0 Å². The molecule has 0 saturated carbocycles. The molecule has 1 aromatic carbocycles. The molecule has 0 radical (unpaired) electrons. The van der Waals surface area contributed by atoms with Gasteiger partial charge in [-0.1, -0.05) is 30.3 Å². The van der Waals surface area contributed by atoms with Crippen molar-refractivity contribution >= 4 is 0 Å². The van der Waals surface area contributed by atoms with E-state index in [-0.39, 0.29) is 0 Å². The predicted octanol–water partition coefficient (Wildman–Crippen LogP) is 1.61. The molecule has 0 heterocycles. The minimum Gasteiger partial charge on any atom is -0.388 e. The van der Waals surface area contributed by atoms with E-state index in [4.69, 9.17) is 5.26 Å². The van der Waals surface area contributed by atoms with Crippen LogP contribution in [0.25, 0.3) is 0 Å². The maximum absolute atomic E-state index is 9.77. The number of nitriles is 1. The van der Waals surface area contributed by atoms with Gasteiger partial charge in [-0.15, -0.1) is 0 Å². The van der Waals surface area contributed by atoms with E-state index in [1.807, 2.05) is 30.3 Å². The molecule has 3 heteroatoms. The fourth-order valence-corrected chi connectivity index (χ4v) is 1.35. The highest BCUT2D eigenvalue weighted by Crippen LogP contribution is 2.14. The molecule has 1 unspecified atom stereocenters. The third-order valence-corrected chi connectivity index (χ3v) is 2.19. The molecule has 15 heavy (non-hydrogen) atoms. The second-order valence-electron chi connectivity index (χ2n) is 3.37. The van der Waals surface area contributed by atoms with Gasteiger partial charge >= 0.3 is 0 Å². The Labute approximate surface area is 90.4 Å². The molecule has 0 bridgehead atoms. The summed E-state index contributed by atoms with van der Waals surface area (Å²) in [6, 6.07) is 11.7. The molecule has 0 aliphatic carbocycles. The zero-order valence-electron chi connectivity index (χ0n) is 8.69. The molecule has 0 aliphatic heterocycles. The highest BCUT2D eigenvalue weighted by atomic mass is 16.3. The first-order chi connectivity index (χ1) is 7.34. The number of hydrogen-bond donors (Lipinski definition) is 2. The van der Waals surface area contributed by atoms with Crippen LogP contribution in [0.3, 0.4) is 0 Å². The summed E-state index contributed by atoms with van der Waals surface area (Å²) in [7, 11) is 0. The zero-order chi connectivity index (χ0) is 10.9. The largest absolute Gasteiger partial charge is 0.388 e. The summed E-state index contributed by atoms with van der Waals surface area (Å²) in [5, 5.41) is 21.2. The van der Waals surface area contributed by atoms with Gasteiger partial charge in [0.2, 0.25) is 0 Å². The molecule has 1 rings (SSSR count). The van der Waals surface area contributed by atoms with E-state index in [2.05, 4.69) is 11.4 Å². The van der Waals surface area contributed by atoms with Crippen molar-refractivity contribution in [1.82, 2.24) is 5.32 Å². The highest BCUT2D eigenvalue weighted by Gasteiger charge is 2.05. The molecule has 0 aliphatic rings. The number of nitrogens with zero attached hydrogens (tertiary/aromatic N) is 1. The zero-order valence-corrected chi connectivity index (χ0v) is 8.69. The lowest BCUT2D eigenvalue weighted by molar-refractivity contribution is 0.167. The maximum atomic E-state index is 9.77. The first kappa shape index (κ1) is 11.7. The molecule has 0 fully saturated rings. The lowest BCUT2D eigenvalue weighted by Crippen LogP contribution is -2.18. The van der Waals surface area contributed by atoms with Crippen LogP contribution < -0.4 is 5.32 Å². The van der Waals surface area contributed by atoms with E-state index in [0.717, 1.165) is 12.1 Å². The Bertz CT molecular complexity index is 305. The number of aliphatic hydroxyl groups is 1. The summed E-state index contributed by atoms with van der Waals surface area (Å²) in [6.45, 7) is 1.43. The summed E-state index contributed by atoms with van der Waals surface area (Å²) < 4.78 is 0. The van der Waals surface area contributed by atoms with Crippen molar-refractivity contribution in [3.63, 3.8) is 0 Å². The van der Waals surface area contributed by atoms with Crippen LogP contribution in [-0.2, 0) is 0 Å². The number of rotatable bonds is 6. The van der Waals surface area contributed by atoms with Gasteiger partial charge < -0.3 is 10.4 Å². The van der Waals surface area contributed by atoms with Crippen molar-refractivity contribution in [1.29, 1.82) is 5.26 Å². The standard InChI is InChI=1S/C12H16N2O/c13-8-4-9-14-10-7-12(15)11-5-2-1-3-6-11/h1-3,5-6,12,14-15H,4,7,9-10H2. The molecule has 0 amide bonds. The van der Waals surface area contributed by atoms with Crippen LogP contribution in [0.5, 0.6) is 0 Å². The van der Waals surface area contributed by atoms with Gasteiger partial charge in [-0.3, -0.25) is 0 Å². The van der Waals surface area contributed by atoms with Crippen molar-refractivity contribution in [3.8, 4) is 6.07 Å². The monoisotopic (exact) mass is 204 g/mol. The van der Waals surface area contributed by atoms with Gasteiger partial charge in [-0.25, -0.2) is 0 Å². The number of hydrogen-bond acceptors (Lipinski definition) is 3. The highest BCUT2D eigenvalue weighted by molar-refractivity contribution is 5.17. The molecule has 2 N–H and O–H groups in total. The average molecular weight is 204 g/mol. The van der Waals surface area contributed by atoms with Crippen LogP contribution in [0, 0.1) is 11.3 Å². The summed E-state index contributed by atoms with van der Waals surface area (Å²) in [6.07, 6.45) is 0.775. The maximum Gasteiger partial charge on any atom is 0.0802 e. The van der Waals surface area contributed by atoms with Crippen LogP contribution in [0.1, 0.15) is 24.5 Å². The fourth-order valence-electron chi connectivity index (χ4n) is 1.35. The van der Waals surface area contributed by atoms with Gasteiger partial charge in [0.25, 0.3) is 0 Å². The molecule has 80 valence electrons. The third kappa shape index (κ3) is 4.59. The molecular weight excluding hydrogens is 188 g/mol. The Morgan fingerprint density at radius 2 is 2.00 bits per heavy atom. The van der Waals surface area contributed by atoms with E-state index in [0.29, 0.717) is 19.4 Å². The molecule has 3 nitrogen and oxygen atoms in total. The molecule has 0 aromatic heterocycles. The molecule has 1 atom stereocenters. The summed E-state index contributed by atoms with van der Waals surface area (Å²) >= 11 is 0. The lowest BCUT2D eigenvalue weighted by Gasteiger charge is -2.10. The minimum atomic E-state index is -0.416. The lowest BCUT2D eigenvalue weighted by atomic mass is 10.1. The summed E-state index contributed by atoms with van der Waals surface area (Å²) in [5.41, 5.74) is 0.944. The Kier molecular flexibility index (Phi) is 5.46. The second-order valence-corrected chi connectivity index (χ2v) is 3.37. The molecule has 1 aromatic rings. The first-order valence-electron chi connectivity index (χ1n) is 5.15. The van der Waals surface area contributed by atoms with E-state index in [1.54, 1.807) is 0 Å². The van der Waals surface area contributed by atoms with E-state index in [1.165, 1.54) is 0 Å². The predicted molar refractivity (Wildman–Crippen MR) is 59.1 cm³/mol. The number of nitrogens with one attached hydrogen (secondary N) is 1. The van der Waals surface area contributed by atoms with Crippen molar-refractivity contribution in [2.24, 2.45) is 0 Å². The minimum absolute atomic E-state index is 0.416. The van der Waals surface area contributed by atoms with Crippen LogP contribution >= 0.6 is 0 Å². The Balaban J connectivity index is 2.20. The van der Waals surface area contributed by atoms with Crippen LogP contribution in [0.4, 0.5) is 0 Å². The quantitative estimate of drug-likeness (QED) is 0.692. The van der Waals surface area contributed by atoms with Crippen molar-refractivity contribution in [2.45, 2.75) is 18.9 Å². The van der Waals surface area contributed by atoms with Gasteiger partial charge in [0.05, 0.1) is 12.2 Å². The smallest absolute Gasteiger partial charge is 0.0802 e. The molecule has 0 saturated heterocycles. The first-order valence-corrected chi connectivity index (χ1v) is 5.15. The molecular formula is C12H16N2O. The van der Waals surface area contributed by atoms with E-state index < -0.39 is 6.10 Å². The number of aliphatic hydroxyl groups excluding tert-OH is 1. The number of benzene rings is 1. The van der Waals surface area contributed by atoms with Gasteiger partial charge in [-0.05, 0) is 18.5 Å². The van der Waals surface area contributed by atoms with Crippen LogP contribution in [0.15, 0.2) is 30.3 Å². The van der Waals surface area contributed by atoms with Crippen LogP contribution in [-0.4, -0.2) is 18.2 Å². The van der Waals surface area contributed by atoms with Gasteiger partial charge in [0.1, 0.15) is 0 Å².